The van der Waals surface area contributed by atoms with E-state index in [2.05, 4.69) is 5.32 Å². The van der Waals surface area contributed by atoms with E-state index in [1.165, 1.54) is 6.07 Å². The summed E-state index contributed by atoms with van der Waals surface area (Å²) in [5, 5.41) is 22.4. The molecular weight excluding hydrogens is 270 g/mol. The maximum absolute atomic E-state index is 9.55. The van der Waals surface area contributed by atoms with E-state index >= 15 is 0 Å². The van der Waals surface area contributed by atoms with Crippen LogP contribution in [-0.2, 0) is 0 Å². The van der Waals surface area contributed by atoms with Crippen LogP contribution in [0.3, 0.4) is 0 Å². The summed E-state index contributed by atoms with van der Waals surface area (Å²) < 4.78 is 10.4. The number of benzene rings is 2. The Morgan fingerprint density at radius 2 is 1.38 bits per heavy atom. The molecule has 2 aromatic rings. The Bertz CT molecular complexity index is 585. The molecule has 0 radical (unpaired) electrons. The van der Waals surface area contributed by atoms with Gasteiger partial charge in [-0.05, 0) is 24.6 Å². The fourth-order valence-corrected chi connectivity index (χ4v) is 2.09. The van der Waals surface area contributed by atoms with E-state index in [9.17, 15) is 10.2 Å². The monoisotopic (exact) mass is 289 g/mol. The average molecular weight is 289 g/mol. The number of phenolic OH excluding ortho intramolecular Hbond substituents is 2. The molecule has 5 nitrogen and oxygen atoms in total. The van der Waals surface area contributed by atoms with Crippen molar-refractivity contribution >= 4 is 5.69 Å². The number of methoxy groups -OCH3 is 2. The van der Waals surface area contributed by atoms with Gasteiger partial charge in [-0.2, -0.15) is 0 Å². The Kier molecular flexibility index (Phi) is 4.42. The molecule has 0 fully saturated rings. The summed E-state index contributed by atoms with van der Waals surface area (Å²) in [6.45, 7) is 1.93. The standard InChI is InChI=1S/C16H19NO4/c1-10(11-4-13(18)8-14(19)5-11)17-12-6-15(20-2)9-16(7-12)21-3/h4-10,17-19H,1-3H3. The van der Waals surface area contributed by atoms with Crippen LogP contribution in [0.15, 0.2) is 36.4 Å². The van der Waals surface area contributed by atoms with E-state index < -0.39 is 0 Å². The molecular formula is C16H19NO4. The van der Waals surface area contributed by atoms with Gasteiger partial charge in [0.25, 0.3) is 0 Å². The number of aromatic hydroxyl groups is 2. The van der Waals surface area contributed by atoms with Crippen LogP contribution in [0.25, 0.3) is 0 Å². The van der Waals surface area contributed by atoms with Crippen molar-refractivity contribution < 1.29 is 19.7 Å². The van der Waals surface area contributed by atoms with Crippen LogP contribution in [0, 0.1) is 0 Å². The van der Waals surface area contributed by atoms with Gasteiger partial charge in [-0.1, -0.05) is 0 Å². The van der Waals surface area contributed by atoms with Gasteiger partial charge in [-0.15, -0.1) is 0 Å². The maximum atomic E-state index is 9.55. The number of nitrogens with one attached hydrogen (secondary N) is 1. The summed E-state index contributed by atoms with van der Waals surface area (Å²) in [6, 6.07) is 9.88. The zero-order valence-electron chi connectivity index (χ0n) is 12.3. The molecule has 3 N–H and O–H groups in total. The molecule has 0 bridgehead atoms. The highest BCUT2D eigenvalue weighted by Crippen LogP contribution is 2.30. The highest BCUT2D eigenvalue weighted by Gasteiger charge is 2.10. The second kappa shape index (κ2) is 6.26. The number of rotatable bonds is 5. The van der Waals surface area contributed by atoms with Crippen LogP contribution >= 0.6 is 0 Å². The predicted octanol–water partition coefficient (Wildman–Crippen LogP) is 3.29. The van der Waals surface area contributed by atoms with Gasteiger partial charge in [0.2, 0.25) is 0 Å². The molecule has 0 aliphatic carbocycles. The summed E-state index contributed by atoms with van der Waals surface area (Å²) in [5.74, 6) is 1.43. The second-order valence-corrected chi connectivity index (χ2v) is 4.75. The highest BCUT2D eigenvalue weighted by atomic mass is 16.5. The summed E-state index contributed by atoms with van der Waals surface area (Å²) in [4.78, 5) is 0. The molecule has 0 saturated heterocycles. The maximum Gasteiger partial charge on any atom is 0.124 e. The van der Waals surface area contributed by atoms with E-state index in [1.54, 1.807) is 32.4 Å². The molecule has 5 heteroatoms. The van der Waals surface area contributed by atoms with Crippen LogP contribution in [0.5, 0.6) is 23.0 Å². The van der Waals surface area contributed by atoms with Crippen molar-refractivity contribution in [3.8, 4) is 23.0 Å². The molecule has 0 spiro atoms. The zero-order chi connectivity index (χ0) is 15.4. The van der Waals surface area contributed by atoms with Gasteiger partial charge in [-0.25, -0.2) is 0 Å². The molecule has 112 valence electrons. The third kappa shape index (κ3) is 3.72. The van der Waals surface area contributed by atoms with Crippen molar-refractivity contribution in [3.05, 3.63) is 42.0 Å². The molecule has 2 aromatic carbocycles. The number of phenols is 2. The van der Waals surface area contributed by atoms with E-state index in [0.29, 0.717) is 11.5 Å². The molecule has 0 aliphatic heterocycles. The lowest BCUT2D eigenvalue weighted by Gasteiger charge is -2.17. The van der Waals surface area contributed by atoms with Crippen LogP contribution < -0.4 is 14.8 Å². The lowest BCUT2D eigenvalue weighted by Crippen LogP contribution is -2.06. The third-order valence-electron chi connectivity index (χ3n) is 3.16. The number of ether oxygens (including phenoxy) is 2. The van der Waals surface area contributed by atoms with Crippen molar-refractivity contribution in [2.24, 2.45) is 0 Å². The van der Waals surface area contributed by atoms with Gasteiger partial charge >= 0.3 is 0 Å². The number of hydrogen-bond donors (Lipinski definition) is 3. The quantitative estimate of drug-likeness (QED) is 0.788. The van der Waals surface area contributed by atoms with Gasteiger partial charge < -0.3 is 25.0 Å². The van der Waals surface area contributed by atoms with Gasteiger partial charge in [0.05, 0.1) is 14.2 Å². The van der Waals surface area contributed by atoms with Crippen molar-refractivity contribution in [1.29, 1.82) is 0 Å². The Morgan fingerprint density at radius 1 is 0.857 bits per heavy atom. The lowest BCUT2D eigenvalue weighted by atomic mass is 10.1. The molecule has 21 heavy (non-hydrogen) atoms. The normalized spacial score (nSPS) is 11.8. The third-order valence-corrected chi connectivity index (χ3v) is 3.16. The van der Waals surface area contributed by atoms with Crippen LogP contribution in [0.4, 0.5) is 5.69 Å². The molecule has 1 atom stereocenters. The highest BCUT2D eigenvalue weighted by molar-refractivity contribution is 5.55. The first-order valence-corrected chi connectivity index (χ1v) is 6.54. The lowest BCUT2D eigenvalue weighted by molar-refractivity contribution is 0.394. The predicted molar refractivity (Wildman–Crippen MR) is 81.4 cm³/mol. The molecule has 2 rings (SSSR count). The summed E-state index contributed by atoms with van der Waals surface area (Å²) in [7, 11) is 3.19. The minimum atomic E-state index is -0.111. The van der Waals surface area contributed by atoms with Crippen molar-refractivity contribution in [2.45, 2.75) is 13.0 Å². The molecule has 0 amide bonds. The zero-order valence-corrected chi connectivity index (χ0v) is 12.3. The van der Waals surface area contributed by atoms with Gasteiger partial charge in [0.1, 0.15) is 23.0 Å². The van der Waals surface area contributed by atoms with Crippen molar-refractivity contribution in [2.75, 3.05) is 19.5 Å². The van der Waals surface area contributed by atoms with E-state index in [0.717, 1.165) is 11.3 Å². The molecule has 0 saturated carbocycles. The van der Waals surface area contributed by atoms with E-state index in [1.807, 2.05) is 19.1 Å². The first-order valence-electron chi connectivity index (χ1n) is 6.54. The molecule has 0 aromatic heterocycles. The smallest absolute Gasteiger partial charge is 0.124 e. The van der Waals surface area contributed by atoms with Gasteiger partial charge in [-0.3, -0.25) is 0 Å². The Morgan fingerprint density at radius 3 is 1.86 bits per heavy atom. The minimum absolute atomic E-state index is 0.0295. The second-order valence-electron chi connectivity index (χ2n) is 4.75. The minimum Gasteiger partial charge on any atom is -0.508 e. The van der Waals surface area contributed by atoms with E-state index in [4.69, 9.17) is 9.47 Å². The Balaban J connectivity index is 2.24. The average Bonchev–Trinajstić information content (AvgIpc) is 2.45. The summed E-state index contributed by atoms with van der Waals surface area (Å²) in [6.07, 6.45) is 0. The number of anilines is 1. The SMILES string of the molecule is COc1cc(NC(C)c2cc(O)cc(O)c2)cc(OC)c1. The van der Waals surface area contributed by atoms with Gasteiger partial charge in [0.15, 0.2) is 0 Å². The van der Waals surface area contributed by atoms with Gasteiger partial charge in [0, 0.05) is 36.0 Å². The molecule has 0 aliphatic rings. The first-order chi connectivity index (χ1) is 10.0. The van der Waals surface area contributed by atoms with E-state index in [-0.39, 0.29) is 17.5 Å². The van der Waals surface area contributed by atoms with Crippen LogP contribution in [0.1, 0.15) is 18.5 Å². The summed E-state index contributed by atoms with van der Waals surface area (Å²) >= 11 is 0. The molecule has 1 unspecified atom stereocenters. The molecule has 0 heterocycles. The Hall–Kier alpha value is -2.56. The van der Waals surface area contributed by atoms with Crippen molar-refractivity contribution in [3.63, 3.8) is 0 Å². The summed E-state index contributed by atoms with van der Waals surface area (Å²) in [5.41, 5.74) is 1.59. The Labute approximate surface area is 123 Å². The van der Waals surface area contributed by atoms with Crippen LogP contribution in [0.2, 0.25) is 0 Å². The fraction of sp³-hybridized carbons (Fsp3) is 0.250. The fourth-order valence-electron chi connectivity index (χ4n) is 2.09. The van der Waals surface area contributed by atoms with Crippen molar-refractivity contribution in [1.82, 2.24) is 0 Å². The van der Waals surface area contributed by atoms with Crippen LogP contribution in [-0.4, -0.2) is 24.4 Å². The topological polar surface area (TPSA) is 71.0 Å². The largest absolute Gasteiger partial charge is 0.508 e. The first kappa shape index (κ1) is 14.8. The number of hydrogen-bond acceptors (Lipinski definition) is 5.